The van der Waals surface area contributed by atoms with Crippen LogP contribution in [0.2, 0.25) is 5.02 Å². The SMILES string of the molecule is CC(c1nccnc1-c1nccs1)N(C)C(=O)c1cc(Cl)cc(C#N)c1. The molecule has 0 radical (unpaired) electrons. The molecule has 1 amide bonds. The van der Waals surface area contributed by atoms with E-state index in [9.17, 15) is 4.79 Å². The lowest BCUT2D eigenvalue weighted by Gasteiger charge is -2.25. The highest BCUT2D eigenvalue weighted by Crippen LogP contribution is 2.29. The second-order valence-corrected chi connectivity index (χ2v) is 6.89. The number of hydrogen-bond donors (Lipinski definition) is 0. The second-order valence-electron chi connectivity index (χ2n) is 5.56. The molecule has 0 aliphatic carbocycles. The maximum absolute atomic E-state index is 12.9. The summed E-state index contributed by atoms with van der Waals surface area (Å²) in [5.41, 5.74) is 1.99. The van der Waals surface area contributed by atoms with Crippen molar-refractivity contribution in [3.8, 4) is 16.8 Å². The van der Waals surface area contributed by atoms with Crippen molar-refractivity contribution in [3.05, 3.63) is 64.0 Å². The van der Waals surface area contributed by atoms with Crippen molar-refractivity contribution in [2.75, 3.05) is 7.05 Å². The Kier molecular flexibility index (Phi) is 5.26. The van der Waals surface area contributed by atoms with E-state index >= 15 is 0 Å². The van der Waals surface area contributed by atoms with Gasteiger partial charge in [-0.15, -0.1) is 11.3 Å². The summed E-state index contributed by atoms with van der Waals surface area (Å²) < 4.78 is 0. The maximum atomic E-state index is 12.9. The first-order chi connectivity index (χ1) is 12.5. The lowest BCUT2D eigenvalue weighted by Crippen LogP contribution is -2.30. The zero-order valence-electron chi connectivity index (χ0n) is 14.0. The van der Waals surface area contributed by atoms with Crippen molar-refractivity contribution in [2.24, 2.45) is 0 Å². The fraction of sp³-hybridized carbons (Fsp3) is 0.167. The number of nitriles is 1. The van der Waals surface area contributed by atoms with Crippen molar-refractivity contribution < 1.29 is 4.79 Å². The summed E-state index contributed by atoms with van der Waals surface area (Å²) in [6.07, 6.45) is 4.90. The lowest BCUT2D eigenvalue weighted by molar-refractivity contribution is 0.0740. The van der Waals surface area contributed by atoms with Crippen LogP contribution in [0.3, 0.4) is 0 Å². The van der Waals surface area contributed by atoms with E-state index in [1.54, 1.807) is 36.6 Å². The molecule has 1 aromatic carbocycles. The van der Waals surface area contributed by atoms with Crippen molar-refractivity contribution in [3.63, 3.8) is 0 Å². The summed E-state index contributed by atoms with van der Waals surface area (Å²) in [4.78, 5) is 27.5. The number of carbonyl (C=O) groups is 1. The van der Waals surface area contributed by atoms with Crippen molar-refractivity contribution >= 4 is 28.8 Å². The maximum Gasteiger partial charge on any atom is 0.254 e. The number of nitrogens with zero attached hydrogens (tertiary/aromatic N) is 5. The molecule has 0 saturated carbocycles. The van der Waals surface area contributed by atoms with Gasteiger partial charge in [-0.2, -0.15) is 5.26 Å². The third kappa shape index (κ3) is 3.57. The molecule has 0 spiro atoms. The zero-order chi connectivity index (χ0) is 18.7. The Morgan fingerprint density at radius 2 is 2.00 bits per heavy atom. The number of aromatic nitrogens is 3. The number of benzene rings is 1. The highest BCUT2D eigenvalue weighted by molar-refractivity contribution is 7.13. The van der Waals surface area contributed by atoms with Crippen LogP contribution in [0.5, 0.6) is 0 Å². The molecule has 1 atom stereocenters. The minimum Gasteiger partial charge on any atom is -0.333 e. The Morgan fingerprint density at radius 1 is 1.23 bits per heavy atom. The predicted octanol–water partition coefficient (Wildman–Crippen LogP) is 3.96. The van der Waals surface area contributed by atoms with E-state index in [0.29, 0.717) is 27.5 Å². The summed E-state index contributed by atoms with van der Waals surface area (Å²) >= 11 is 7.48. The lowest BCUT2D eigenvalue weighted by atomic mass is 10.1. The second kappa shape index (κ2) is 7.60. The van der Waals surface area contributed by atoms with Crippen LogP contribution >= 0.6 is 22.9 Å². The third-order valence-electron chi connectivity index (χ3n) is 3.93. The van der Waals surface area contributed by atoms with Crippen molar-refractivity contribution in [1.82, 2.24) is 19.9 Å². The molecule has 0 aliphatic rings. The summed E-state index contributed by atoms with van der Waals surface area (Å²) in [6.45, 7) is 1.87. The highest BCUT2D eigenvalue weighted by atomic mass is 35.5. The first-order valence-electron chi connectivity index (χ1n) is 7.70. The van der Waals surface area contributed by atoms with E-state index in [2.05, 4.69) is 15.0 Å². The molecular formula is C18H14ClN5OS. The number of halogens is 1. The van der Waals surface area contributed by atoms with Gasteiger partial charge in [-0.05, 0) is 25.1 Å². The van der Waals surface area contributed by atoms with Gasteiger partial charge in [-0.1, -0.05) is 11.6 Å². The monoisotopic (exact) mass is 383 g/mol. The highest BCUT2D eigenvalue weighted by Gasteiger charge is 2.24. The Balaban J connectivity index is 1.94. The fourth-order valence-corrected chi connectivity index (χ4v) is 3.38. The zero-order valence-corrected chi connectivity index (χ0v) is 15.6. The van der Waals surface area contributed by atoms with Gasteiger partial charge >= 0.3 is 0 Å². The third-order valence-corrected chi connectivity index (χ3v) is 4.93. The molecule has 130 valence electrons. The van der Waals surface area contributed by atoms with E-state index in [1.807, 2.05) is 18.4 Å². The number of hydrogen-bond acceptors (Lipinski definition) is 6. The summed E-state index contributed by atoms with van der Waals surface area (Å²) in [6, 6.07) is 6.25. The molecule has 8 heteroatoms. The number of rotatable bonds is 4. The van der Waals surface area contributed by atoms with E-state index in [4.69, 9.17) is 16.9 Å². The van der Waals surface area contributed by atoms with Gasteiger partial charge < -0.3 is 4.90 Å². The van der Waals surface area contributed by atoms with Crippen molar-refractivity contribution in [1.29, 1.82) is 5.26 Å². The largest absolute Gasteiger partial charge is 0.333 e. The van der Waals surface area contributed by atoms with Gasteiger partial charge in [0.2, 0.25) is 0 Å². The minimum absolute atomic E-state index is 0.257. The molecular weight excluding hydrogens is 370 g/mol. The van der Waals surface area contributed by atoms with Crippen LogP contribution in [-0.4, -0.2) is 32.8 Å². The van der Waals surface area contributed by atoms with Crippen LogP contribution in [-0.2, 0) is 0 Å². The van der Waals surface area contributed by atoms with Gasteiger partial charge in [-0.25, -0.2) is 4.98 Å². The molecule has 0 saturated heterocycles. The standard InChI is InChI=1S/C18H14ClN5OS/c1-11(15-16(22-4-3-21-15)17-23-5-6-26-17)24(2)18(25)13-7-12(10-20)8-14(19)9-13/h3-9,11H,1-2H3. The van der Waals surface area contributed by atoms with E-state index in [-0.39, 0.29) is 11.9 Å². The van der Waals surface area contributed by atoms with Crippen LogP contribution in [0, 0.1) is 11.3 Å². The molecule has 26 heavy (non-hydrogen) atoms. The minimum atomic E-state index is -0.348. The van der Waals surface area contributed by atoms with E-state index in [0.717, 1.165) is 5.01 Å². The molecule has 0 bridgehead atoms. The van der Waals surface area contributed by atoms with Gasteiger partial charge in [0.25, 0.3) is 5.91 Å². The van der Waals surface area contributed by atoms with Crippen molar-refractivity contribution in [2.45, 2.75) is 13.0 Å². The Bertz CT molecular complexity index is 983. The molecule has 2 heterocycles. The van der Waals surface area contributed by atoms with Gasteiger partial charge in [0.05, 0.1) is 23.4 Å². The van der Waals surface area contributed by atoms with Crippen LogP contribution in [0.1, 0.15) is 34.6 Å². The van der Waals surface area contributed by atoms with E-state index < -0.39 is 0 Å². The van der Waals surface area contributed by atoms with Gasteiger partial charge in [-0.3, -0.25) is 14.8 Å². The number of thiazole rings is 1. The fourth-order valence-electron chi connectivity index (χ4n) is 2.50. The molecule has 6 nitrogen and oxygen atoms in total. The Hall–Kier alpha value is -2.82. The summed E-state index contributed by atoms with van der Waals surface area (Å²) in [5.74, 6) is -0.257. The van der Waals surface area contributed by atoms with Crippen LogP contribution in [0.25, 0.3) is 10.7 Å². The smallest absolute Gasteiger partial charge is 0.254 e. The molecule has 3 rings (SSSR count). The topological polar surface area (TPSA) is 82.8 Å². The number of amides is 1. The van der Waals surface area contributed by atoms with Crippen LogP contribution in [0.4, 0.5) is 0 Å². The van der Waals surface area contributed by atoms with Gasteiger partial charge in [0, 0.05) is 41.6 Å². The molecule has 0 aliphatic heterocycles. The quantitative estimate of drug-likeness (QED) is 0.681. The Morgan fingerprint density at radius 3 is 2.69 bits per heavy atom. The van der Waals surface area contributed by atoms with Crippen LogP contribution in [0.15, 0.2) is 42.2 Å². The molecule has 3 aromatic rings. The predicted molar refractivity (Wildman–Crippen MR) is 99.8 cm³/mol. The van der Waals surface area contributed by atoms with E-state index in [1.165, 1.54) is 23.5 Å². The number of carbonyl (C=O) groups excluding carboxylic acids is 1. The summed E-state index contributed by atoms with van der Waals surface area (Å²) in [5, 5.41) is 12.0. The van der Waals surface area contributed by atoms with Crippen LogP contribution < -0.4 is 0 Å². The first-order valence-corrected chi connectivity index (χ1v) is 8.95. The molecule has 0 N–H and O–H groups in total. The summed E-state index contributed by atoms with van der Waals surface area (Å²) in [7, 11) is 1.68. The average Bonchev–Trinajstić information content (AvgIpc) is 3.20. The van der Waals surface area contributed by atoms with Gasteiger partial charge in [0.1, 0.15) is 10.7 Å². The normalized spacial score (nSPS) is 11.6. The van der Waals surface area contributed by atoms with Gasteiger partial charge in [0.15, 0.2) is 0 Å². The Labute approximate surface area is 159 Å². The average molecular weight is 384 g/mol. The first kappa shape index (κ1) is 18.0. The molecule has 0 fully saturated rings. The molecule has 2 aromatic heterocycles. The molecule has 1 unspecified atom stereocenters.